The Kier molecular flexibility index (Phi) is 5.69. The summed E-state index contributed by atoms with van der Waals surface area (Å²) in [5.74, 6) is 0.926. The maximum atomic E-state index is 4.53. The van der Waals surface area contributed by atoms with Crippen LogP contribution in [0.4, 0.5) is 0 Å². The summed E-state index contributed by atoms with van der Waals surface area (Å²) in [6.07, 6.45) is 0.956. The maximum absolute atomic E-state index is 4.53. The first-order valence-electron chi connectivity index (χ1n) is 6.72. The van der Waals surface area contributed by atoms with Gasteiger partial charge >= 0.3 is 0 Å². The summed E-state index contributed by atoms with van der Waals surface area (Å²) in [5.41, 5.74) is 3.69. The van der Waals surface area contributed by atoms with Crippen LogP contribution in [0.5, 0.6) is 0 Å². The van der Waals surface area contributed by atoms with E-state index in [1.807, 2.05) is 30.5 Å². The molecule has 0 unspecified atom stereocenters. The fraction of sp³-hybridized carbons (Fsp3) is 0.400. The van der Waals surface area contributed by atoms with E-state index in [9.17, 15) is 0 Å². The Morgan fingerprint density at radius 1 is 1.30 bits per heavy atom. The van der Waals surface area contributed by atoms with Crippen molar-refractivity contribution in [3.05, 3.63) is 45.7 Å². The predicted octanol–water partition coefficient (Wildman–Crippen LogP) is 3.76. The van der Waals surface area contributed by atoms with E-state index in [-0.39, 0.29) is 0 Å². The minimum absolute atomic E-state index is 0.915. The van der Waals surface area contributed by atoms with Gasteiger partial charge in [-0.2, -0.15) is 5.10 Å². The molecule has 1 aromatic heterocycles. The first kappa shape index (κ1) is 15.6. The van der Waals surface area contributed by atoms with Gasteiger partial charge in [-0.25, -0.2) is 0 Å². The van der Waals surface area contributed by atoms with Crippen molar-refractivity contribution in [2.24, 2.45) is 7.05 Å². The molecule has 0 amide bonds. The highest BCUT2D eigenvalue weighted by Gasteiger charge is 2.12. The van der Waals surface area contributed by atoms with E-state index in [0.717, 1.165) is 28.9 Å². The number of thioether (sulfide) groups is 1. The van der Waals surface area contributed by atoms with Crippen molar-refractivity contribution in [3.8, 4) is 0 Å². The number of hydrogen-bond donors (Lipinski definition) is 1. The van der Waals surface area contributed by atoms with E-state index in [2.05, 4.69) is 57.5 Å². The molecular formula is C15H20BrN3S. The predicted molar refractivity (Wildman–Crippen MR) is 89.1 cm³/mol. The van der Waals surface area contributed by atoms with E-state index in [4.69, 9.17) is 0 Å². The Balaban J connectivity index is 2.03. The highest BCUT2D eigenvalue weighted by molar-refractivity contribution is 9.10. The molecule has 1 aromatic carbocycles. The Morgan fingerprint density at radius 3 is 2.55 bits per heavy atom. The summed E-state index contributed by atoms with van der Waals surface area (Å²) < 4.78 is 3.13. The summed E-state index contributed by atoms with van der Waals surface area (Å²) in [7, 11) is 3.98. The quantitative estimate of drug-likeness (QED) is 0.802. The third-order valence-corrected chi connectivity index (χ3v) is 5.12. The van der Waals surface area contributed by atoms with Crippen molar-refractivity contribution < 1.29 is 0 Å². The average Bonchev–Trinajstić information content (AvgIpc) is 2.73. The van der Waals surface area contributed by atoms with E-state index in [0.29, 0.717) is 0 Å². The van der Waals surface area contributed by atoms with Gasteiger partial charge in [0.15, 0.2) is 0 Å². The standard InChI is InChI=1S/C15H20BrN3S/c1-4-13-15(16)14(19(3)18-13)10-20-12-7-5-11(6-8-12)9-17-2/h5-8,17H,4,9-10H2,1-3H3. The van der Waals surface area contributed by atoms with Crippen LogP contribution in [0.2, 0.25) is 0 Å². The molecule has 0 aliphatic heterocycles. The van der Waals surface area contributed by atoms with Crippen molar-refractivity contribution >= 4 is 27.7 Å². The average molecular weight is 354 g/mol. The zero-order valence-electron chi connectivity index (χ0n) is 12.1. The molecule has 0 saturated carbocycles. The number of benzene rings is 1. The van der Waals surface area contributed by atoms with Gasteiger partial charge in [-0.1, -0.05) is 19.1 Å². The Labute approximate surface area is 133 Å². The van der Waals surface area contributed by atoms with Crippen LogP contribution in [0.15, 0.2) is 33.6 Å². The molecule has 2 rings (SSSR count). The molecule has 0 radical (unpaired) electrons. The molecule has 0 saturated heterocycles. The Morgan fingerprint density at radius 2 is 2.00 bits per heavy atom. The van der Waals surface area contributed by atoms with Gasteiger partial charge in [-0.05, 0) is 47.1 Å². The summed E-state index contributed by atoms with van der Waals surface area (Å²) in [6.45, 7) is 3.04. The minimum Gasteiger partial charge on any atom is -0.316 e. The van der Waals surface area contributed by atoms with Crippen molar-refractivity contribution in [1.82, 2.24) is 15.1 Å². The summed E-state index contributed by atoms with van der Waals surface area (Å²) >= 11 is 5.50. The lowest BCUT2D eigenvalue weighted by atomic mass is 10.2. The van der Waals surface area contributed by atoms with Gasteiger partial charge in [0.2, 0.25) is 0 Å². The number of aryl methyl sites for hydroxylation is 2. The first-order chi connectivity index (χ1) is 9.65. The topological polar surface area (TPSA) is 29.9 Å². The van der Waals surface area contributed by atoms with Gasteiger partial charge in [-0.3, -0.25) is 4.68 Å². The molecule has 3 nitrogen and oxygen atoms in total. The largest absolute Gasteiger partial charge is 0.316 e. The van der Waals surface area contributed by atoms with Crippen LogP contribution in [0, 0.1) is 0 Å². The van der Waals surface area contributed by atoms with Crippen LogP contribution in [-0.4, -0.2) is 16.8 Å². The molecular weight excluding hydrogens is 334 g/mol. The molecule has 0 fully saturated rings. The van der Waals surface area contributed by atoms with E-state index in [1.165, 1.54) is 16.2 Å². The lowest BCUT2D eigenvalue weighted by Gasteiger charge is -2.05. The third kappa shape index (κ3) is 3.65. The van der Waals surface area contributed by atoms with Gasteiger partial charge in [0, 0.05) is 24.2 Å². The number of halogens is 1. The van der Waals surface area contributed by atoms with E-state index < -0.39 is 0 Å². The second-order valence-electron chi connectivity index (χ2n) is 4.65. The molecule has 2 aromatic rings. The van der Waals surface area contributed by atoms with Gasteiger partial charge in [0.05, 0.1) is 15.9 Å². The SMILES string of the molecule is CCc1nn(C)c(CSc2ccc(CNC)cc2)c1Br. The van der Waals surface area contributed by atoms with E-state index in [1.54, 1.807) is 0 Å². The van der Waals surface area contributed by atoms with Crippen LogP contribution in [0.1, 0.15) is 23.9 Å². The number of nitrogens with one attached hydrogen (secondary N) is 1. The summed E-state index contributed by atoms with van der Waals surface area (Å²) in [4.78, 5) is 1.29. The fourth-order valence-corrected chi connectivity index (χ4v) is 3.94. The Bertz CT molecular complexity index is 563. The number of aromatic nitrogens is 2. The maximum Gasteiger partial charge on any atom is 0.0767 e. The van der Waals surface area contributed by atoms with Gasteiger partial charge in [0.25, 0.3) is 0 Å². The van der Waals surface area contributed by atoms with Gasteiger partial charge < -0.3 is 5.32 Å². The molecule has 108 valence electrons. The van der Waals surface area contributed by atoms with Crippen LogP contribution in [0.3, 0.4) is 0 Å². The van der Waals surface area contributed by atoms with Crippen LogP contribution in [-0.2, 0) is 25.8 Å². The normalized spacial score (nSPS) is 11.0. The smallest absolute Gasteiger partial charge is 0.0767 e. The molecule has 20 heavy (non-hydrogen) atoms. The van der Waals surface area contributed by atoms with Crippen molar-refractivity contribution in [1.29, 1.82) is 0 Å². The second-order valence-corrected chi connectivity index (χ2v) is 6.49. The molecule has 0 atom stereocenters. The highest BCUT2D eigenvalue weighted by atomic mass is 79.9. The van der Waals surface area contributed by atoms with Crippen LogP contribution >= 0.6 is 27.7 Å². The van der Waals surface area contributed by atoms with Gasteiger partial charge in [0.1, 0.15) is 0 Å². The molecule has 0 spiro atoms. The van der Waals surface area contributed by atoms with Crippen molar-refractivity contribution in [2.45, 2.75) is 30.5 Å². The van der Waals surface area contributed by atoms with Crippen molar-refractivity contribution in [2.75, 3.05) is 7.05 Å². The Hall–Kier alpha value is -0.780. The zero-order valence-corrected chi connectivity index (χ0v) is 14.5. The second kappa shape index (κ2) is 7.29. The van der Waals surface area contributed by atoms with Crippen LogP contribution in [0.25, 0.3) is 0 Å². The molecule has 0 aliphatic rings. The number of rotatable bonds is 6. The lowest BCUT2D eigenvalue weighted by Crippen LogP contribution is -2.04. The fourth-order valence-electron chi connectivity index (χ4n) is 2.04. The number of nitrogens with zero attached hydrogens (tertiary/aromatic N) is 2. The number of hydrogen-bond acceptors (Lipinski definition) is 3. The monoisotopic (exact) mass is 353 g/mol. The molecule has 5 heteroatoms. The van der Waals surface area contributed by atoms with Crippen molar-refractivity contribution in [3.63, 3.8) is 0 Å². The van der Waals surface area contributed by atoms with Gasteiger partial charge in [-0.15, -0.1) is 11.8 Å². The molecule has 0 bridgehead atoms. The van der Waals surface area contributed by atoms with E-state index >= 15 is 0 Å². The molecule has 1 N–H and O–H groups in total. The third-order valence-electron chi connectivity index (χ3n) is 3.18. The minimum atomic E-state index is 0.915. The summed E-state index contributed by atoms with van der Waals surface area (Å²) in [5, 5.41) is 7.69. The molecule has 1 heterocycles. The van der Waals surface area contributed by atoms with Crippen LogP contribution < -0.4 is 5.32 Å². The first-order valence-corrected chi connectivity index (χ1v) is 8.50. The zero-order chi connectivity index (χ0) is 14.5. The summed E-state index contributed by atoms with van der Waals surface area (Å²) in [6, 6.07) is 8.72. The lowest BCUT2D eigenvalue weighted by molar-refractivity contribution is 0.719. The molecule has 0 aliphatic carbocycles. The highest BCUT2D eigenvalue weighted by Crippen LogP contribution is 2.29.